The van der Waals surface area contributed by atoms with Crippen LogP contribution in [0.2, 0.25) is 0 Å². The first-order valence-corrected chi connectivity index (χ1v) is 9.56. The maximum atomic E-state index is 2.64. The highest BCUT2D eigenvalue weighted by Crippen LogP contribution is 2.39. The van der Waals surface area contributed by atoms with Crippen molar-refractivity contribution in [3.05, 3.63) is 45.8 Å². The van der Waals surface area contributed by atoms with Crippen molar-refractivity contribution in [1.29, 1.82) is 0 Å². The third-order valence-corrected chi connectivity index (χ3v) is 6.37. The molecule has 1 heterocycles. The zero-order valence-electron chi connectivity index (χ0n) is 16.6. The maximum absolute atomic E-state index is 2.64. The van der Waals surface area contributed by atoms with Gasteiger partial charge in [0.15, 0.2) is 0 Å². The second kappa shape index (κ2) is 6.46. The van der Waals surface area contributed by atoms with E-state index in [1.165, 1.54) is 28.7 Å². The number of hydrogen-bond donors (Lipinski definition) is 0. The van der Waals surface area contributed by atoms with Crippen LogP contribution in [0.3, 0.4) is 0 Å². The fourth-order valence-corrected chi connectivity index (χ4v) is 5.09. The summed E-state index contributed by atoms with van der Waals surface area (Å²) in [6.45, 7) is 19.7. The fraction of sp³-hybridized carbons (Fsp3) is 0.636. The van der Waals surface area contributed by atoms with E-state index in [9.17, 15) is 0 Å². The molecule has 0 spiro atoms. The molecule has 3 rings (SSSR count). The lowest BCUT2D eigenvalue weighted by atomic mass is 9.80. The van der Waals surface area contributed by atoms with E-state index in [0.29, 0.717) is 17.8 Å². The molecule has 0 aromatic heterocycles. The summed E-state index contributed by atoms with van der Waals surface area (Å²) in [7, 11) is 0. The highest BCUT2D eigenvalue weighted by atomic mass is 15.4. The van der Waals surface area contributed by atoms with Gasteiger partial charge in [-0.2, -0.15) is 0 Å². The SMILES string of the molecule is CC1=CC(C)=C(N2CCN(C3=C(C)C=C(C)C(C)C3C)C2)C(C)C1. The lowest BCUT2D eigenvalue weighted by molar-refractivity contribution is 0.266. The molecule has 0 aromatic carbocycles. The van der Waals surface area contributed by atoms with Crippen molar-refractivity contribution in [1.82, 2.24) is 9.80 Å². The Hall–Kier alpha value is -1.44. The molecule has 132 valence electrons. The maximum Gasteiger partial charge on any atom is 0.0899 e. The van der Waals surface area contributed by atoms with E-state index in [0.717, 1.165) is 19.8 Å². The first-order valence-electron chi connectivity index (χ1n) is 9.56. The summed E-state index contributed by atoms with van der Waals surface area (Å²) in [6, 6.07) is 0. The van der Waals surface area contributed by atoms with Crippen LogP contribution in [-0.4, -0.2) is 29.6 Å². The van der Waals surface area contributed by atoms with Crippen LogP contribution < -0.4 is 0 Å². The molecular weight excluding hydrogens is 292 g/mol. The molecule has 0 aromatic rings. The lowest BCUT2D eigenvalue weighted by Crippen LogP contribution is -2.33. The monoisotopic (exact) mass is 326 g/mol. The first-order chi connectivity index (χ1) is 11.3. The first kappa shape index (κ1) is 17.4. The van der Waals surface area contributed by atoms with Gasteiger partial charge in [0.25, 0.3) is 0 Å². The smallest absolute Gasteiger partial charge is 0.0899 e. The summed E-state index contributed by atoms with van der Waals surface area (Å²) in [6.07, 6.45) is 6.00. The van der Waals surface area contributed by atoms with Gasteiger partial charge in [0.05, 0.1) is 6.67 Å². The van der Waals surface area contributed by atoms with Gasteiger partial charge in [0.1, 0.15) is 0 Å². The second-order valence-electron chi connectivity index (χ2n) is 8.37. The summed E-state index contributed by atoms with van der Waals surface area (Å²) in [5.74, 6) is 1.92. The highest BCUT2D eigenvalue weighted by Gasteiger charge is 2.33. The zero-order chi connectivity index (χ0) is 17.6. The van der Waals surface area contributed by atoms with E-state index in [1.807, 2.05) is 0 Å². The molecular formula is C22H34N2. The minimum atomic E-state index is 0.621. The molecule has 2 nitrogen and oxygen atoms in total. The molecule has 0 N–H and O–H groups in total. The van der Waals surface area contributed by atoms with Gasteiger partial charge < -0.3 is 9.80 Å². The van der Waals surface area contributed by atoms with E-state index in [1.54, 1.807) is 11.4 Å². The number of allylic oxidation sites excluding steroid dienone is 8. The van der Waals surface area contributed by atoms with Gasteiger partial charge in [-0.05, 0) is 51.2 Å². The molecule has 1 saturated heterocycles. The third kappa shape index (κ3) is 2.96. The summed E-state index contributed by atoms with van der Waals surface area (Å²) in [5, 5.41) is 0. The van der Waals surface area contributed by atoms with E-state index < -0.39 is 0 Å². The molecule has 0 bridgehead atoms. The minimum absolute atomic E-state index is 0.621. The van der Waals surface area contributed by atoms with Crippen LogP contribution in [0.25, 0.3) is 0 Å². The molecule has 0 saturated carbocycles. The van der Waals surface area contributed by atoms with Crippen molar-refractivity contribution in [3.63, 3.8) is 0 Å². The quantitative estimate of drug-likeness (QED) is 0.677. The van der Waals surface area contributed by atoms with Crippen molar-refractivity contribution in [2.45, 2.75) is 54.9 Å². The lowest BCUT2D eigenvalue weighted by Gasteiger charge is -2.37. The molecule has 2 heteroatoms. The minimum Gasteiger partial charge on any atom is -0.355 e. The summed E-state index contributed by atoms with van der Waals surface area (Å²) in [5.41, 5.74) is 9.14. The van der Waals surface area contributed by atoms with Crippen molar-refractivity contribution in [2.24, 2.45) is 17.8 Å². The molecule has 3 atom stereocenters. The van der Waals surface area contributed by atoms with Crippen LogP contribution in [-0.2, 0) is 0 Å². The van der Waals surface area contributed by atoms with Gasteiger partial charge in [0.2, 0.25) is 0 Å². The average molecular weight is 327 g/mol. The van der Waals surface area contributed by atoms with Crippen LogP contribution in [0, 0.1) is 17.8 Å². The van der Waals surface area contributed by atoms with Crippen LogP contribution >= 0.6 is 0 Å². The Balaban J connectivity index is 1.84. The van der Waals surface area contributed by atoms with Gasteiger partial charge >= 0.3 is 0 Å². The molecule has 1 fully saturated rings. The van der Waals surface area contributed by atoms with E-state index in [4.69, 9.17) is 0 Å². The zero-order valence-corrected chi connectivity index (χ0v) is 16.6. The predicted octanol–water partition coefficient (Wildman–Crippen LogP) is 5.33. The van der Waals surface area contributed by atoms with Crippen molar-refractivity contribution < 1.29 is 0 Å². The van der Waals surface area contributed by atoms with Crippen molar-refractivity contribution >= 4 is 0 Å². The van der Waals surface area contributed by atoms with E-state index >= 15 is 0 Å². The van der Waals surface area contributed by atoms with Crippen LogP contribution in [0.1, 0.15) is 54.9 Å². The Morgan fingerprint density at radius 2 is 1.38 bits per heavy atom. The van der Waals surface area contributed by atoms with E-state index in [-0.39, 0.29) is 0 Å². The third-order valence-electron chi connectivity index (χ3n) is 6.37. The average Bonchev–Trinajstić information content (AvgIpc) is 2.93. The van der Waals surface area contributed by atoms with Crippen LogP contribution in [0.5, 0.6) is 0 Å². The Labute approximate surface area is 148 Å². The highest BCUT2D eigenvalue weighted by molar-refractivity contribution is 5.36. The van der Waals surface area contributed by atoms with Crippen molar-refractivity contribution in [3.8, 4) is 0 Å². The van der Waals surface area contributed by atoms with Crippen molar-refractivity contribution in [2.75, 3.05) is 19.8 Å². The topological polar surface area (TPSA) is 6.48 Å². The number of rotatable bonds is 2. The Morgan fingerprint density at radius 3 is 2.00 bits per heavy atom. The number of nitrogens with zero attached hydrogens (tertiary/aromatic N) is 2. The van der Waals surface area contributed by atoms with Gasteiger partial charge in [-0.3, -0.25) is 0 Å². The fourth-order valence-electron chi connectivity index (χ4n) is 5.09. The normalized spacial score (nSPS) is 31.7. The molecule has 2 aliphatic carbocycles. The summed E-state index contributed by atoms with van der Waals surface area (Å²) in [4.78, 5) is 5.27. The predicted molar refractivity (Wildman–Crippen MR) is 103 cm³/mol. The largest absolute Gasteiger partial charge is 0.355 e. The van der Waals surface area contributed by atoms with Crippen LogP contribution in [0.15, 0.2) is 45.8 Å². The van der Waals surface area contributed by atoms with Crippen LogP contribution in [0.4, 0.5) is 0 Å². The Morgan fingerprint density at radius 1 is 0.792 bits per heavy atom. The summed E-state index contributed by atoms with van der Waals surface area (Å²) < 4.78 is 0. The van der Waals surface area contributed by atoms with E-state index in [2.05, 4.69) is 70.4 Å². The molecule has 24 heavy (non-hydrogen) atoms. The van der Waals surface area contributed by atoms with Gasteiger partial charge in [-0.15, -0.1) is 0 Å². The summed E-state index contributed by atoms with van der Waals surface area (Å²) >= 11 is 0. The Kier molecular flexibility index (Phi) is 4.68. The standard InChI is InChI=1S/C22H34N2/c1-14-10-16(3)21(17(4)11-14)23-8-9-24(13-23)22-18(5)12-15(2)19(6)20(22)7/h10,12,17,19-20H,8-9,11,13H2,1-7H3. The second-order valence-corrected chi connectivity index (χ2v) is 8.37. The van der Waals surface area contributed by atoms with Gasteiger partial charge in [-0.1, -0.05) is 44.1 Å². The molecule has 3 unspecified atom stereocenters. The molecule has 3 aliphatic rings. The molecule has 1 aliphatic heterocycles. The van der Waals surface area contributed by atoms with Gasteiger partial charge in [-0.25, -0.2) is 0 Å². The van der Waals surface area contributed by atoms with Gasteiger partial charge in [0, 0.05) is 36.3 Å². The molecule has 0 amide bonds. The number of hydrogen-bond acceptors (Lipinski definition) is 2. The molecule has 0 radical (unpaired) electrons. The Bertz CT molecular complexity index is 647.